The van der Waals surface area contributed by atoms with Crippen molar-refractivity contribution in [2.24, 2.45) is 0 Å². The second-order valence-electron chi connectivity index (χ2n) is 5.72. The van der Waals surface area contributed by atoms with E-state index in [0.29, 0.717) is 28.0 Å². The molecule has 1 aliphatic heterocycles. The summed E-state index contributed by atoms with van der Waals surface area (Å²) in [6.07, 6.45) is 0. The number of H-pyrrole nitrogens is 1. The number of fused-ring (bicyclic) bond motifs is 2. The second-order valence-corrected chi connectivity index (χ2v) is 5.72. The molecule has 1 aromatic heterocycles. The zero-order chi connectivity index (χ0) is 18.3. The Morgan fingerprint density at radius 3 is 2.85 bits per heavy atom. The van der Waals surface area contributed by atoms with E-state index >= 15 is 0 Å². The molecule has 2 aromatic carbocycles. The Morgan fingerprint density at radius 1 is 1.15 bits per heavy atom. The topological polar surface area (TPSA) is 100 Å². The van der Waals surface area contributed by atoms with Gasteiger partial charge in [-0.15, -0.1) is 0 Å². The summed E-state index contributed by atoms with van der Waals surface area (Å²) in [4.78, 5) is 38.6. The van der Waals surface area contributed by atoms with Crippen molar-refractivity contribution in [2.45, 2.75) is 0 Å². The third kappa shape index (κ3) is 2.77. The number of carbonyl (C=O) groups excluding carboxylic acids is 2. The van der Waals surface area contributed by atoms with Gasteiger partial charge in [0.05, 0.1) is 16.9 Å². The third-order valence-corrected chi connectivity index (χ3v) is 3.94. The number of halogens is 1. The minimum absolute atomic E-state index is 0.124. The Morgan fingerprint density at radius 2 is 2.00 bits per heavy atom. The number of ether oxygens (including phenoxy) is 1. The molecular weight excluding hydrogens is 341 g/mol. The van der Waals surface area contributed by atoms with E-state index < -0.39 is 17.3 Å². The summed E-state index contributed by atoms with van der Waals surface area (Å²) < 4.78 is 18.6. The van der Waals surface area contributed by atoms with Crippen LogP contribution >= 0.6 is 0 Å². The van der Waals surface area contributed by atoms with E-state index in [2.05, 4.69) is 15.6 Å². The largest absolute Gasteiger partial charge is 0.479 e. The lowest BCUT2D eigenvalue weighted by atomic mass is 10.1. The van der Waals surface area contributed by atoms with Crippen molar-refractivity contribution in [3.05, 3.63) is 64.2 Å². The predicted molar refractivity (Wildman–Crippen MR) is 93.0 cm³/mol. The molecule has 3 N–H and O–H groups in total. The maximum Gasteiger partial charge on any atom is 0.262 e. The van der Waals surface area contributed by atoms with E-state index in [1.807, 2.05) is 0 Å². The number of amides is 2. The first-order valence-electron chi connectivity index (χ1n) is 7.71. The maximum atomic E-state index is 13.3. The first kappa shape index (κ1) is 15.8. The summed E-state index contributed by atoms with van der Waals surface area (Å²) in [6.45, 7) is -0.165. The zero-order valence-electron chi connectivity index (χ0n) is 13.3. The number of aromatic amines is 1. The third-order valence-electron chi connectivity index (χ3n) is 3.94. The van der Waals surface area contributed by atoms with E-state index in [1.165, 1.54) is 24.3 Å². The van der Waals surface area contributed by atoms with Gasteiger partial charge in [0.15, 0.2) is 12.4 Å². The smallest absolute Gasteiger partial charge is 0.262 e. The lowest BCUT2D eigenvalue weighted by Crippen LogP contribution is -2.27. The molecule has 0 spiro atoms. The first-order valence-corrected chi connectivity index (χ1v) is 7.71. The monoisotopic (exact) mass is 353 g/mol. The lowest BCUT2D eigenvalue weighted by Gasteiger charge is -2.20. The standard InChI is InChI=1S/C18H12FN3O4/c19-10-5-4-9-6-11(18(25)22-14(9)7-10)17(24)21-13-3-1-2-12-16(13)26-8-15(23)20-12/h1-7H,8H2,(H,20,23)(H,21,24)(H,22,25). The van der Waals surface area contributed by atoms with E-state index in [0.717, 1.165) is 0 Å². The molecule has 8 heteroatoms. The Hall–Kier alpha value is -3.68. The summed E-state index contributed by atoms with van der Waals surface area (Å²) in [5, 5.41) is 5.77. The number of rotatable bonds is 2. The fraction of sp³-hybridized carbons (Fsp3) is 0.0556. The van der Waals surface area contributed by atoms with Gasteiger partial charge in [-0.1, -0.05) is 6.07 Å². The minimum atomic E-state index is -0.647. The number of aromatic nitrogens is 1. The summed E-state index contributed by atoms with van der Waals surface area (Å²) in [7, 11) is 0. The van der Waals surface area contributed by atoms with Crippen LogP contribution in [-0.4, -0.2) is 23.4 Å². The van der Waals surface area contributed by atoms with Crippen molar-refractivity contribution < 1.29 is 18.7 Å². The number of pyridine rings is 1. The highest BCUT2D eigenvalue weighted by atomic mass is 19.1. The van der Waals surface area contributed by atoms with E-state index in [1.54, 1.807) is 18.2 Å². The first-order chi connectivity index (χ1) is 12.5. The number of hydrogen-bond donors (Lipinski definition) is 3. The average molecular weight is 353 g/mol. The summed E-state index contributed by atoms with van der Waals surface area (Å²) in [5.74, 6) is -1.11. The molecule has 0 bridgehead atoms. The van der Waals surface area contributed by atoms with E-state index in [9.17, 15) is 18.8 Å². The van der Waals surface area contributed by atoms with Crippen LogP contribution in [0.15, 0.2) is 47.3 Å². The predicted octanol–water partition coefficient (Wildman–Crippen LogP) is 2.25. The Bertz CT molecular complexity index is 1120. The minimum Gasteiger partial charge on any atom is -0.479 e. The molecule has 2 heterocycles. The molecule has 3 aromatic rings. The van der Waals surface area contributed by atoms with Gasteiger partial charge in [0.25, 0.3) is 17.4 Å². The van der Waals surface area contributed by atoms with Crippen LogP contribution in [-0.2, 0) is 4.79 Å². The SMILES string of the molecule is O=C1COc2c(cccc2NC(=O)c2cc3ccc(F)cc3[nH]c2=O)N1. The van der Waals surface area contributed by atoms with Crippen LogP contribution < -0.4 is 20.9 Å². The molecule has 0 saturated heterocycles. The van der Waals surface area contributed by atoms with Crippen molar-refractivity contribution in [3.8, 4) is 5.75 Å². The molecule has 1 aliphatic rings. The number of para-hydroxylation sites is 1. The van der Waals surface area contributed by atoms with Crippen molar-refractivity contribution in [1.29, 1.82) is 0 Å². The number of hydrogen-bond acceptors (Lipinski definition) is 4. The normalized spacial score (nSPS) is 12.9. The van der Waals surface area contributed by atoms with Crippen molar-refractivity contribution in [1.82, 2.24) is 4.98 Å². The van der Waals surface area contributed by atoms with Gasteiger partial charge in [0.1, 0.15) is 11.4 Å². The van der Waals surface area contributed by atoms with Crippen molar-refractivity contribution in [2.75, 3.05) is 17.2 Å². The molecule has 0 radical (unpaired) electrons. The average Bonchev–Trinajstić information content (AvgIpc) is 2.60. The van der Waals surface area contributed by atoms with Crippen LogP contribution in [0, 0.1) is 5.82 Å². The Kier molecular flexibility index (Phi) is 3.65. The molecule has 0 aliphatic carbocycles. The van der Waals surface area contributed by atoms with Gasteiger partial charge in [-0.25, -0.2) is 4.39 Å². The second kappa shape index (κ2) is 5.99. The van der Waals surface area contributed by atoms with Crippen LogP contribution in [0.3, 0.4) is 0 Å². The summed E-state index contributed by atoms with van der Waals surface area (Å²) in [5.41, 5.74) is 0.295. The fourth-order valence-corrected chi connectivity index (χ4v) is 2.75. The molecule has 7 nitrogen and oxygen atoms in total. The quantitative estimate of drug-likeness (QED) is 0.658. The maximum absolute atomic E-state index is 13.3. The Labute approximate surface area is 145 Å². The number of carbonyl (C=O) groups is 2. The van der Waals surface area contributed by atoms with Crippen LogP contribution in [0.2, 0.25) is 0 Å². The van der Waals surface area contributed by atoms with Crippen molar-refractivity contribution >= 4 is 34.1 Å². The van der Waals surface area contributed by atoms with Gasteiger partial charge in [-0.2, -0.15) is 0 Å². The molecule has 4 rings (SSSR count). The molecule has 0 atom stereocenters. The van der Waals surface area contributed by atoms with Gasteiger partial charge >= 0.3 is 0 Å². The van der Waals surface area contributed by atoms with Crippen LogP contribution in [0.1, 0.15) is 10.4 Å². The lowest BCUT2D eigenvalue weighted by molar-refractivity contribution is -0.118. The van der Waals surface area contributed by atoms with Gasteiger partial charge in [-0.05, 0) is 41.8 Å². The number of nitrogens with one attached hydrogen (secondary N) is 3. The van der Waals surface area contributed by atoms with Gasteiger partial charge in [0.2, 0.25) is 0 Å². The highest BCUT2D eigenvalue weighted by molar-refractivity contribution is 6.07. The molecule has 130 valence electrons. The van der Waals surface area contributed by atoms with Gasteiger partial charge < -0.3 is 20.4 Å². The van der Waals surface area contributed by atoms with Gasteiger partial charge in [0, 0.05) is 0 Å². The molecule has 0 unspecified atom stereocenters. The molecule has 0 saturated carbocycles. The van der Waals surface area contributed by atoms with Crippen LogP contribution in [0.5, 0.6) is 5.75 Å². The highest BCUT2D eigenvalue weighted by Gasteiger charge is 2.21. The van der Waals surface area contributed by atoms with Crippen LogP contribution in [0.4, 0.5) is 15.8 Å². The highest BCUT2D eigenvalue weighted by Crippen LogP contribution is 2.35. The summed E-state index contributed by atoms with van der Waals surface area (Å²) in [6, 6.07) is 10.2. The molecule has 26 heavy (non-hydrogen) atoms. The number of anilines is 2. The van der Waals surface area contributed by atoms with Crippen LogP contribution in [0.25, 0.3) is 10.9 Å². The Balaban J connectivity index is 1.69. The molecule has 0 fully saturated rings. The molecule has 2 amide bonds. The number of benzene rings is 2. The van der Waals surface area contributed by atoms with E-state index in [4.69, 9.17) is 4.74 Å². The molecular formula is C18H12FN3O4. The van der Waals surface area contributed by atoms with Gasteiger partial charge in [-0.3, -0.25) is 14.4 Å². The van der Waals surface area contributed by atoms with E-state index in [-0.39, 0.29) is 18.1 Å². The fourth-order valence-electron chi connectivity index (χ4n) is 2.75. The van der Waals surface area contributed by atoms with Crippen molar-refractivity contribution in [3.63, 3.8) is 0 Å². The zero-order valence-corrected chi connectivity index (χ0v) is 13.3. The summed E-state index contributed by atoms with van der Waals surface area (Å²) >= 11 is 0.